The lowest BCUT2D eigenvalue weighted by atomic mass is 10.2. The van der Waals surface area contributed by atoms with Gasteiger partial charge in [-0.1, -0.05) is 0 Å². The number of nitro benzene ring substituents is 1. The van der Waals surface area contributed by atoms with Gasteiger partial charge in [0.1, 0.15) is 12.4 Å². The fraction of sp³-hybridized carbons (Fsp3) is 0.600. The Kier molecular flexibility index (Phi) is 8.42. The lowest BCUT2D eigenvalue weighted by Gasteiger charge is -2.11. The molecule has 0 saturated carbocycles. The molecule has 0 bridgehead atoms. The number of nitrogens with zero attached hydrogens (tertiary/aromatic N) is 2. The molecule has 7 heteroatoms. The molecule has 22 heavy (non-hydrogen) atoms. The normalized spacial score (nSPS) is 10.9. The van der Waals surface area contributed by atoms with E-state index in [9.17, 15) is 10.1 Å². The molecule has 124 valence electrons. The number of benzene rings is 1. The second-order valence-electron chi connectivity index (χ2n) is 5.22. The van der Waals surface area contributed by atoms with Crippen LogP contribution in [-0.2, 0) is 4.74 Å². The van der Waals surface area contributed by atoms with Crippen LogP contribution < -0.4 is 10.1 Å². The predicted molar refractivity (Wildman–Crippen MR) is 85.6 cm³/mol. The van der Waals surface area contributed by atoms with Gasteiger partial charge in [0, 0.05) is 31.3 Å². The molecule has 0 amide bonds. The molecule has 1 aromatic rings. The van der Waals surface area contributed by atoms with Crippen molar-refractivity contribution in [3.05, 3.63) is 33.9 Å². The van der Waals surface area contributed by atoms with Gasteiger partial charge >= 0.3 is 0 Å². The van der Waals surface area contributed by atoms with E-state index in [4.69, 9.17) is 9.47 Å². The summed E-state index contributed by atoms with van der Waals surface area (Å²) in [4.78, 5) is 12.4. The highest BCUT2D eigenvalue weighted by Crippen LogP contribution is 2.22. The van der Waals surface area contributed by atoms with Crippen molar-refractivity contribution in [3.8, 4) is 5.75 Å². The number of rotatable bonds is 11. The van der Waals surface area contributed by atoms with Gasteiger partial charge in [0.25, 0.3) is 5.69 Å². The summed E-state index contributed by atoms with van der Waals surface area (Å²) in [6.45, 7) is 6.00. The largest absolute Gasteiger partial charge is 0.491 e. The first-order valence-electron chi connectivity index (χ1n) is 7.31. The molecule has 0 spiro atoms. The van der Waals surface area contributed by atoms with E-state index in [0.717, 1.165) is 19.6 Å². The minimum absolute atomic E-state index is 0.104. The van der Waals surface area contributed by atoms with E-state index in [2.05, 4.69) is 10.2 Å². The van der Waals surface area contributed by atoms with E-state index in [1.807, 2.05) is 14.1 Å². The minimum atomic E-state index is -0.397. The third-order valence-corrected chi connectivity index (χ3v) is 3.02. The molecule has 0 aliphatic heterocycles. The first kappa shape index (κ1) is 18.3. The number of aryl methyl sites for hydroxylation is 1. The van der Waals surface area contributed by atoms with Gasteiger partial charge in [-0.2, -0.15) is 0 Å². The van der Waals surface area contributed by atoms with Crippen molar-refractivity contribution in [2.24, 2.45) is 0 Å². The highest BCUT2D eigenvalue weighted by molar-refractivity contribution is 5.44. The zero-order valence-electron chi connectivity index (χ0n) is 13.5. The quantitative estimate of drug-likeness (QED) is 0.379. The Morgan fingerprint density at radius 2 is 2.00 bits per heavy atom. The molecule has 0 radical (unpaired) electrons. The summed E-state index contributed by atoms with van der Waals surface area (Å²) >= 11 is 0. The van der Waals surface area contributed by atoms with Gasteiger partial charge in [-0.05, 0) is 33.2 Å². The van der Waals surface area contributed by atoms with Crippen LogP contribution in [0.5, 0.6) is 5.75 Å². The summed E-state index contributed by atoms with van der Waals surface area (Å²) in [7, 11) is 4.07. The van der Waals surface area contributed by atoms with Crippen molar-refractivity contribution in [3.63, 3.8) is 0 Å². The van der Waals surface area contributed by atoms with Crippen LogP contribution in [0.4, 0.5) is 5.69 Å². The van der Waals surface area contributed by atoms with Crippen molar-refractivity contribution in [2.75, 3.05) is 53.6 Å². The van der Waals surface area contributed by atoms with E-state index in [1.165, 1.54) is 6.07 Å². The minimum Gasteiger partial charge on any atom is -0.491 e. The Morgan fingerprint density at radius 1 is 1.23 bits per heavy atom. The maximum absolute atomic E-state index is 10.7. The highest BCUT2D eigenvalue weighted by atomic mass is 16.6. The van der Waals surface area contributed by atoms with Crippen LogP contribution in [0.1, 0.15) is 5.56 Å². The molecule has 7 nitrogen and oxygen atoms in total. The van der Waals surface area contributed by atoms with Crippen LogP contribution >= 0.6 is 0 Å². The van der Waals surface area contributed by atoms with E-state index in [0.29, 0.717) is 31.1 Å². The van der Waals surface area contributed by atoms with Crippen LogP contribution in [0.2, 0.25) is 0 Å². The number of nitrogens with one attached hydrogen (secondary N) is 1. The second kappa shape index (κ2) is 10.1. The molecule has 0 saturated heterocycles. The van der Waals surface area contributed by atoms with Crippen LogP contribution in [0, 0.1) is 17.0 Å². The zero-order valence-corrected chi connectivity index (χ0v) is 13.5. The molecule has 0 aliphatic carbocycles. The Morgan fingerprint density at radius 3 is 2.64 bits per heavy atom. The van der Waals surface area contributed by atoms with Gasteiger partial charge < -0.3 is 19.7 Å². The number of nitro groups is 1. The van der Waals surface area contributed by atoms with Gasteiger partial charge in [0.15, 0.2) is 0 Å². The van der Waals surface area contributed by atoms with Crippen molar-refractivity contribution in [1.29, 1.82) is 0 Å². The second-order valence-corrected chi connectivity index (χ2v) is 5.22. The average molecular weight is 311 g/mol. The molecule has 1 N–H and O–H groups in total. The molecular formula is C15H25N3O4. The van der Waals surface area contributed by atoms with Gasteiger partial charge in [-0.25, -0.2) is 0 Å². The standard InChI is InChI=1S/C15H25N3O4/c1-13-12-14(4-5-15(13)18(19)20)22-11-10-21-9-7-16-6-8-17(2)3/h4-5,12,16H,6-11H2,1-3H3. The topological polar surface area (TPSA) is 76.9 Å². The van der Waals surface area contributed by atoms with Crippen LogP contribution in [0.15, 0.2) is 18.2 Å². The summed E-state index contributed by atoms with van der Waals surface area (Å²) in [6.07, 6.45) is 0. The summed E-state index contributed by atoms with van der Waals surface area (Å²) in [5, 5.41) is 14.0. The number of hydrogen-bond donors (Lipinski definition) is 1. The van der Waals surface area contributed by atoms with Gasteiger partial charge in [-0.15, -0.1) is 0 Å². The molecule has 0 aliphatic rings. The van der Waals surface area contributed by atoms with Crippen molar-refractivity contribution < 1.29 is 14.4 Å². The summed E-state index contributed by atoms with van der Waals surface area (Å²) < 4.78 is 11.0. The molecule has 1 rings (SSSR count). The molecule has 1 aromatic carbocycles. The SMILES string of the molecule is Cc1cc(OCCOCCNCCN(C)C)ccc1[N+](=O)[O-]. The van der Waals surface area contributed by atoms with Gasteiger partial charge in [0.2, 0.25) is 0 Å². The third-order valence-electron chi connectivity index (χ3n) is 3.02. The smallest absolute Gasteiger partial charge is 0.272 e. The highest BCUT2D eigenvalue weighted by Gasteiger charge is 2.10. The van der Waals surface area contributed by atoms with Gasteiger partial charge in [0.05, 0.1) is 18.1 Å². The van der Waals surface area contributed by atoms with E-state index in [-0.39, 0.29) is 5.69 Å². The Bertz CT molecular complexity index is 466. The zero-order chi connectivity index (χ0) is 16.4. The first-order chi connectivity index (χ1) is 10.5. The molecule has 0 aromatic heterocycles. The van der Waals surface area contributed by atoms with E-state index >= 15 is 0 Å². The fourth-order valence-electron chi connectivity index (χ4n) is 1.82. The van der Waals surface area contributed by atoms with Crippen LogP contribution in [0.25, 0.3) is 0 Å². The van der Waals surface area contributed by atoms with E-state index in [1.54, 1.807) is 19.1 Å². The van der Waals surface area contributed by atoms with Crippen LogP contribution in [-0.4, -0.2) is 63.4 Å². The Balaban J connectivity index is 2.10. The van der Waals surface area contributed by atoms with Crippen molar-refractivity contribution in [2.45, 2.75) is 6.92 Å². The fourth-order valence-corrected chi connectivity index (χ4v) is 1.82. The Hall–Kier alpha value is -1.70. The lowest BCUT2D eigenvalue weighted by Crippen LogP contribution is -2.29. The monoisotopic (exact) mass is 311 g/mol. The molecule has 0 heterocycles. The maximum atomic E-state index is 10.7. The van der Waals surface area contributed by atoms with Gasteiger partial charge in [-0.3, -0.25) is 10.1 Å². The van der Waals surface area contributed by atoms with Crippen molar-refractivity contribution >= 4 is 5.69 Å². The van der Waals surface area contributed by atoms with E-state index < -0.39 is 4.92 Å². The number of hydrogen-bond acceptors (Lipinski definition) is 6. The van der Waals surface area contributed by atoms with Crippen molar-refractivity contribution in [1.82, 2.24) is 10.2 Å². The average Bonchev–Trinajstić information content (AvgIpc) is 2.44. The molecule has 0 atom stereocenters. The summed E-state index contributed by atoms with van der Waals surface area (Å²) in [6, 6.07) is 4.73. The number of likely N-dealkylation sites (N-methyl/N-ethyl adjacent to an activating group) is 1. The molecular weight excluding hydrogens is 286 g/mol. The maximum Gasteiger partial charge on any atom is 0.272 e. The van der Waals surface area contributed by atoms with Crippen LogP contribution in [0.3, 0.4) is 0 Å². The molecule has 0 unspecified atom stereocenters. The Labute approximate surface area is 131 Å². The summed E-state index contributed by atoms with van der Waals surface area (Å²) in [5.74, 6) is 0.621. The third kappa shape index (κ3) is 7.35. The lowest BCUT2D eigenvalue weighted by molar-refractivity contribution is -0.385. The molecule has 0 fully saturated rings. The summed E-state index contributed by atoms with van der Waals surface area (Å²) in [5.41, 5.74) is 0.695. The predicted octanol–water partition coefficient (Wildman–Crippen LogP) is 1.45. The number of ether oxygens (including phenoxy) is 2. The first-order valence-corrected chi connectivity index (χ1v) is 7.31.